The molecule has 2 aromatic rings. The number of nitrogens with zero attached hydrogens (tertiary/aromatic N) is 3. The topological polar surface area (TPSA) is 102 Å². The number of nitrogens with one attached hydrogen (secondary N) is 2. The SMILES string of the molecule is CC(NC(=O)Cn1ccc(N)n1)c1ncc[nH]1. The first-order valence-corrected chi connectivity index (χ1v) is 5.22. The van der Waals surface area contributed by atoms with Crippen LogP contribution in [0, 0.1) is 0 Å². The molecule has 0 spiro atoms. The van der Waals surface area contributed by atoms with Crippen LogP contribution in [0.3, 0.4) is 0 Å². The van der Waals surface area contributed by atoms with Gasteiger partial charge in [-0.15, -0.1) is 0 Å². The summed E-state index contributed by atoms with van der Waals surface area (Å²) < 4.78 is 1.49. The number of hydrogen-bond acceptors (Lipinski definition) is 4. The first kappa shape index (κ1) is 11.2. The third-order valence-electron chi connectivity index (χ3n) is 2.27. The zero-order chi connectivity index (χ0) is 12.3. The molecule has 2 aromatic heterocycles. The predicted octanol–water partition coefficient (Wildman–Crippen LogP) is 0.0658. The first-order chi connectivity index (χ1) is 8.15. The summed E-state index contributed by atoms with van der Waals surface area (Å²) in [4.78, 5) is 18.7. The molecule has 0 aliphatic carbocycles. The minimum atomic E-state index is -0.162. The summed E-state index contributed by atoms with van der Waals surface area (Å²) in [6.07, 6.45) is 5.02. The highest BCUT2D eigenvalue weighted by atomic mass is 16.2. The molecule has 1 atom stereocenters. The Morgan fingerprint density at radius 3 is 3.12 bits per heavy atom. The molecule has 2 rings (SSSR count). The lowest BCUT2D eigenvalue weighted by molar-refractivity contribution is -0.122. The number of imidazole rings is 1. The second-order valence-electron chi connectivity index (χ2n) is 3.70. The molecule has 0 saturated heterocycles. The monoisotopic (exact) mass is 234 g/mol. The average Bonchev–Trinajstić information content (AvgIpc) is 2.89. The minimum Gasteiger partial charge on any atom is -0.382 e. The molecule has 90 valence electrons. The highest BCUT2D eigenvalue weighted by Crippen LogP contribution is 2.05. The van der Waals surface area contributed by atoms with Gasteiger partial charge in [-0.2, -0.15) is 5.10 Å². The molecule has 0 radical (unpaired) electrons. The lowest BCUT2D eigenvalue weighted by Crippen LogP contribution is -2.30. The lowest BCUT2D eigenvalue weighted by Gasteiger charge is -2.11. The largest absolute Gasteiger partial charge is 0.382 e. The average molecular weight is 234 g/mol. The molecule has 1 unspecified atom stereocenters. The number of nitrogens with two attached hydrogens (primary N) is 1. The second kappa shape index (κ2) is 4.69. The summed E-state index contributed by atoms with van der Waals surface area (Å²) in [5, 5.41) is 6.74. The molecule has 4 N–H and O–H groups in total. The van der Waals surface area contributed by atoms with E-state index in [4.69, 9.17) is 5.73 Å². The van der Waals surface area contributed by atoms with Crippen LogP contribution in [0.4, 0.5) is 5.82 Å². The smallest absolute Gasteiger partial charge is 0.242 e. The van der Waals surface area contributed by atoms with Gasteiger partial charge < -0.3 is 16.0 Å². The van der Waals surface area contributed by atoms with Gasteiger partial charge >= 0.3 is 0 Å². The van der Waals surface area contributed by atoms with Gasteiger partial charge in [0.2, 0.25) is 5.91 Å². The summed E-state index contributed by atoms with van der Waals surface area (Å²) in [5.74, 6) is 0.979. The molecule has 0 saturated carbocycles. The highest BCUT2D eigenvalue weighted by molar-refractivity contribution is 5.76. The van der Waals surface area contributed by atoms with Crippen molar-refractivity contribution >= 4 is 11.7 Å². The van der Waals surface area contributed by atoms with E-state index in [1.165, 1.54) is 4.68 Å². The molecule has 0 aromatic carbocycles. The maximum absolute atomic E-state index is 11.7. The van der Waals surface area contributed by atoms with Gasteiger partial charge in [-0.3, -0.25) is 9.48 Å². The summed E-state index contributed by atoms with van der Waals surface area (Å²) in [5.41, 5.74) is 5.45. The molecule has 0 bridgehead atoms. The number of H-pyrrole nitrogens is 1. The first-order valence-electron chi connectivity index (χ1n) is 5.22. The van der Waals surface area contributed by atoms with Gasteiger partial charge in [0, 0.05) is 18.6 Å². The lowest BCUT2D eigenvalue weighted by atomic mass is 10.3. The van der Waals surface area contributed by atoms with E-state index >= 15 is 0 Å². The van der Waals surface area contributed by atoms with Crippen LogP contribution in [-0.2, 0) is 11.3 Å². The molecular weight excluding hydrogens is 220 g/mol. The Balaban J connectivity index is 1.89. The van der Waals surface area contributed by atoms with Gasteiger partial charge in [-0.25, -0.2) is 4.98 Å². The van der Waals surface area contributed by atoms with Crippen molar-refractivity contribution in [3.05, 3.63) is 30.5 Å². The van der Waals surface area contributed by atoms with Crippen molar-refractivity contribution in [2.45, 2.75) is 19.5 Å². The number of carbonyl (C=O) groups is 1. The van der Waals surface area contributed by atoms with E-state index in [-0.39, 0.29) is 18.5 Å². The van der Waals surface area contributed by atoms with Crippen molar-refractivity contribution in [2.24, 2.45) is 0 Å². The van der Waals surface area contributed by atoms with E-state index < -0.39 is 0 Å². The third kappa shape index (κ3) is 2.83. The van der Waals surface area contributed by atoms with Crippen LogP contribution < -0.4 is 11.1 Å². The molecule has 1 amide bonds. The second-order valence-corrected chi connectivity index (χ2v) is 3.70. The normalized spacial score (nSPS) is 12.3. The number of amides is 1. The molecule has 7 heteroatoms. The summed E-state index contributed by atoms with van der Waals surface area (Å²) >= 11 is 0. The Hall–Kier alpha value is -2.31. The van der Waals surface area contributed by atoms with Gasteiger partial charge in [-0.05, 0) is 13.0 Å². The number of aromatic nitrogens is 4. The van der Waals surface area contributed by atoms with Gasteiger partial charge in [0.25, 0.3) is 0 Å². The highest BCUT2D eigenvalue weighted by Gasteiger charge is 2.11. The van der Waals surface area contributed by atoms with Crippen molar-refractivity contribution in [3.63, 3.8) is 0 Å². The number of carbonyl (C=O) groups excluding carboxylic acids is 1. The zero-order valence-corrected chi connectivity index (χ0v) is 9.42. The van der Waals surface area contributed by atoms with Crippen molar-refractivity contribution in [1.82, 2.24) is 25.1 Å². The van der Waals surface area contributed by atoms with Crippen LogP contribution in [0.5, 0.6) is 0 Å². The molecule has 17 heavy (non-hydrogen) atoms. The minimum absolute atomic E-state index is 0.141. The number of anilines is 1. The Kier molecular flexibility index (Phi) is 3.08. The number of aromatic amines is 1. The van der Waals surface area contributed by atoms with Gasteiger partial charge in [0.05, 0.1) is 6.04 Å². The van der Waals surface area contributed by atoms with Crippen LogP contribution in [-0.4, -0.2) is 25.7 Å². The Labute approximate surface area is 98.0 Å². The molecule has 7 nitrogen and oxygen atoms in total. The number of hydrogen-bond donors (Lipinski definition) is 3. The van der Waals surface area contributed by atoms with Gasteiger partial charge in [-0.1, -0.05) is 0 Å². The fourth-order valence-corrected chi connectivity index (χ4v) is 1.48. The predicted molar refractivity (Wildman–Crippen MR) is 61.8 cm³/mol. The van der Waals surface area contributed by atoms with Crippen molar-refractivity contribution in [1.29, 1.82) is 0 Å². The van der Waals surface area contributed by atoms with Crippen molar-refractivity contribution in [3.8, 4) is 0 Å². The van der Waals surface area contributed by atoms with Crippen molar-refractivity contribution < 1.29 is 4.79 Å². The fourth-order valence-electron chi connectivity index (χ4n) is 1.48. The summed E-state index contributed by atoms with van der Waals surface area (Å²) in [6.45, 7) is 2.00. The van der Waals surface area contributed by atoms with Gasteiger partial charge in [0.1, 0.15) is 18.2 Å². The molecule has 0 fully saturated rings. The fraction of sp³-hybridized carbons (Fsp3) is 0.300. The maximum Gasteiger partial charge on any atom is 0.242 e. The van der Waals surface area contributed by atoms with Crippen LogP contribution in [0.25, 0.3) is 0 Å². The van der Waals surface area contributed by atoms with E-state index in [1.807, 2.05) is 6.92 Å². The van der Waals surface area contributed by atoms with E-state index in [1.54, 1.807) is 24.7 Å². The van der Waals surface area contributed by atoms with Crippen LogP contribution >= 0.6 is 0 Å². The standard InChI is InChI=1S/C10H14N6O/c1-7(10-12-3-4-13-10)14-9(17)6-16-5-2-8(11)15-16/h2-5,7H,6H2,1H3,(H2,11,15)(H,12,13)(H,14,17). The van der Waals surface area contributed by atoms with Crippen LogP contribution in [0.1, 0.15) is 18.8 Å². The van der Waals surface area contributed by atoms with Crippen LogP contribution in [0.15, 0.2) is 24.7 Å². The molecule has 2 heterocycles. The van der Waals surface area contributed by atoms with Gasteiger partial charge in [0.15, 0.2) is 0 Å². The van der Waals surface area contributed by atoms with Crippen molar-refractivity contribution in [2.75, 3.05) is 5.73 Å². The van der Waals surface area contributed by atoms with Crippen LogP contribution in [0.2, 0.25) is 0 Å². The Bertz CT molecular complexity index is 489. The van der Waals surface area contributed by atoms with E-state index in [9.17, 15) is 4.79 Å². The number of nitrogen functional groups attached to an aromatic ring is 1. The maximum atomic E-state index is 11.7. The molecule has 0 aliphatic heterocycles. The van der Waals surface area contributed by atoms with E-state index in [0.29, 0.717) is 5.82 Å². The third-order valence-corrected chi connectivity index (χ3v) is 2.27. The van der Waals surface area contributed by atoms with E-state index in [2.05, 4.69) is 20.4 Å². The quantitative estimate of drug-likeness (QED) is 0.696. The number of rotatable bonds is 4. The zero-order valence-electron chi connectivity index (χ0n) is 9.42. The summed E-state index contributed by atoms with van der Waals surface area (Å²) in [7, 11) is 0. The Morgan fingerprint density at radius 1 is 1.71 bits per heavy atom. The molecule has 0 aliphatic rings. The molecular formula is C10H14N6O. The summed E-state index contributed by atoms with van der Waals surface area (Å²) in [6, 6.07) is 1.48. The van der Waals surface area contributed by atoms with E-state index in [0.717, 1.165) is 5.82 Å². The Morgan fingerprint density at radius 2 is 2.53 bits per heavy atom.